The van der Waals surface area contributed by atoms with E-state index in [2.05, 4.69) is 0 Å². The Bertz CT molecular complexity index is 153. The Morgan fingerprint density at radius 2 is 1.56 bits per heavy atom. The molecule has 0 bridgehead atoms. The molecule has 0 aromatic heterocycles. The van der Waals surface area contributed by atoms with Gasteiger partial charge < -0.3 is 14.9 Å². The van der Waals surface area contributed by atoms with E-state index >= 15 is 0 Å². The van der Waals surface area contributed by atoms with Gasteiger partial charge in [0.1, 0.15) is 0 Å². The average molecular weight is 230 g/mol. The maximum Gasteiger partial charge on any atom is 0.0575 e. The fraction of sp³-hybridized carbons (Fsp3) is 1.00. The molecule has 1 rings (SSSR count). The smallest absolute Gasteiger partial charge is 0.0575 e. The summed E-state index contributed by atoms with van der Waals surface area (Å²) >= 11 is 0. The fourth-order valence-electron chi connectivity index (χ4n) is 2.30. The van der Waals surface area contributed by atoms with E-state index in [0.717, 1.165) is 58.0 Å². The molecule has 0 aromatic rings. The van der Waals surface area contributed by atoms with E-state index in [1.807, 2.05) is 0 Å². The molecule has 0 amide bonds. The first-order valence-corrected chi connectivity index (χ1v) is 6.70. The van der Waals surface area contributed by atoms with E-state index in [0.29, 0.717) is 25.2 Å². The SMILES string of the molecule is OCCCCCCOC1CCC(CO)CC1. The van der Waals surface area contributed by atoms with Crippen LogP contribution in [-0.4, -0.2) is 36.1 Å². The summed E-state index contributed by atoms with van der Waals surface area (Å²) in [5, 5.41) is 17.6. The molecule has 0 atom stereocenters. The molecule has 1 aliphatic rings. The van der Waals surface area contributed by atoms with Gasteiger partial charge in [-0.3, -0.25) is 0 Å². The molecule has 0 heterocycles. The number of hydrogen-bond acceptors (Lipinski definition) is 3. The molecule has 0 saturated heterocycles. The van der Waals surface area contributed by atoms with Gasteiger partial charge in [-0.25, -0.2) is 0 Å². The Morgan fingerprint density at radius 1 is 0.875 bits per heavy atom. The first kappa shape index (κ1) is 13.9. The van der Waals surface area contributed by atoms with Gasteiger partial charge >= 0.3 is 0 Å². The van der Waals surface area contributed by atoms with Crippen LogP contribution in [0.3, 0.4) is 0 Å². The lowest BCUT2D eigenvalue weighted by Crippen LogP contribution is -2.23. The molecule has 96 valence electrons. The topological polar surface area (TPSA) is 49.7 Å². The van der Waals surface area contributed by atoms with Crippen molar-refractivity contribution in [1.82, 2.24) is 0 Å². The quantitative estimate of drug-likeness (QED) is 0.628. The normalized spacial score (nSPS) is 25.9. The summed E-state index contributed by atoms with van der Waals surface area (Å²) in [6, 6.07) is 0. The minimum Gasteiger partial charge on any atom is -0.396 e. The Balaban J connectivity index is 1.90. The van der Waals surface area contributed by atoms with E-state index in [1.54, 1.807) is 0 Å². The van der Waals surface area contributed by atoms with Gasteiger partial charge in [0.15, 0.2) is 0 Å². The number of unbranched alkanes of at least 4 members (excludes halogenated alkanes) is 3. The zero-order valence-electron chi connectivity index (χ0n) is 10.2. The number of rotatable bonds is 8. The number of aliphatic hydroxyl groups excluding tert-OH is 2. The first-order chi connectivity index (χ1) is 7.86. The molecule has 1 saturated carbocycles. The van der Waals surface area contributed by atoms with Crippen LogP contribution in [0.1, 0.15) is 51.4 Å². The molecular weight excluding hydrogens is 204 g/mol. The monoisotopic (exact) mass is 230 g/mol. The molecule has 0 radical (unpaired) electrons. The molecule has 16 heavy (non-hydrogen) atoms. The molecule has 0 aromatic carbocycles. The second-order valence-electron chi connectivity index (χ2n) is 4.83. The molecule has 3 nitrogen and oxygen atoms in total. The maximum atomic E-state index is 9.01. The standard InChI is InChI=1S/C13H26O3/c14-9-3-1-2-4-10-16-13-7-5-12(11-15)6-8-13/h12-15H,1-11H2. The van der Waals surface area contributed by atoms with Crippen LogP contribution in [0.25, 0.3) is 0 Å². The molecular formula is C13H26O3. The van der Waals surface area contributed by atoms with Crippen molar-refractivity contribution >= 4 is 0 Å². The van der Waals surface area contributed by atoms with Gasteiger partial charge in [-0.05, 0) is 44.4 Å². The molecule has 2 N–H and O–H groups in total. The van der Waals surface area contributed by atoms with Crippen molar-refractivity contribution < 1.29 is 14.9 Å². The molecule has 3 heteroatoms. The lowest BCUT2D eigenvalue weighted by molar-refractivity contribution is 0.00956. The van der Waals surface area contributed by atoms with E-state index < -0.39 is 0 Å². The maximum absolute atomic E-state index is 9.01. The first-order valence-electron chi connectivity index (χ1n) is 6.70. The van der Waals surface area contributed by atoms with Gasteiger partial charge in [0.05, 0.1) is 6.10 Å². The number of aliphatic hydroxyl groups is 2. The third kappa shape index (κ3) is 5.83. The van der Waals surface area contributed by atoms with Gasteiger partial charge in [0, 0.05) is 19.8 Å². The van der Waals surface area contributed by atoms with E-state index in [1.165, 1.54) is 0 Å². The average Bonchev–Trinajstić information content (AvgIpc) is 2.34. The van der Waals surface area contributed by atoms with Gasteiger partial charge in [-0.1, -0.05) is 12.8 Å². The summed E-state index contributed by atoms with van der Waals surface area (Å²) in [5.41, 5.74) is 0. The van der Waals surface area contributed by atoms with Crippen molar-refractivity contribution in [2.75, 3.05) is 19.8 Å². The summed E-state index contributed by atoms with van der Waals surface area (Å²) < 4.78 is 5.81. The molecule has 1 fully saturated rings. The lowest BCUT2D eigenvalue weighted by atomic mass is 9.88. The predicted octanol–water partition coefficient (Wildman–Crippen LogP) is 2.11. The number of ether oxygens (including phenoxy) is 1. The third-order valence-corrected chi connectivity index (χ3v) is 3.46. The highest BCUT2D eigenvalue weighted by molar-refractivity contribution is 4.72. The Labute approximate surface area is 98.8 Å². The number of hydrogen-bond donors (Lipinski definition) is 2. The van der Waals surface area contributed by atoms with Crippen molar-refractivity contribution in [3.05, 3.63) is 0 Å². The molecule has 0 spiro atoms. The fourth-order valence-corrected chi connectivity index (χ4v) is 2.30. The van der Waals surface area contributed by atoms with Crippen LogP contribution in [0, 0.1) is 5.92 Å². The van der Waals surface area contributed by atoms with Gasteiger partial charge in [-0.2, -0.15) is 0 Å². The second-order valence-corrected chi connectivity index (χ2v) is 4.83. The minimum atomic E-state index is 0.312. The molecule has 1 aliphatic carbocycles. The van der Waals surface area contributed by atoms with Crippen molar-refractivity contribution in [1.29, 1.82) is 0 Å². The highest BCUT2D eigenvalue weighted by Crippen LogP contribution is 2.25. The Hall–Kier alpha value is -0.120. The van der Waals surface area contributed by atoms with Crippen LogP contribution in [0.2, 0.25) is 0 Å². The van der Waals surface area contributed by atoms with E-state index in [9.17, 15) is 0 Å². The van der Waals surface area contributed by atoms with Gasteiger partial charge in [0.25, 0.3) is 0 Å². The van der Waals surface area contributed by atoms with Crippen LogP contribution in [-0.2, 0) is 4.74 Å². The Kier molecular flexibility index (Phi) is 7.81. The second kappa shape index (κ2) is 8.97. The van der Waals surface area contributed by atoms with Crippen LogP contribution < -0.4 is 0 Å². The van der Waals surface area contributed by atoms with Crippen LogP contribution >= 0.6 is 0 Å². The van der Waals surface area contributed by atoms with Crippen LogP contribution in [0.15, 0.2) is 0 Å². The summed E-state index contributed by atoms with van der Waals surface area (Å²) in [7, 11) is 0. The third-order valence-electron chi connectivity index (χ3n) is 3.46. The van der Waals surface area contributed by atoms with Crippen molar-refractivity contribution in [3.8, 4) is 0 Å². The zero-order valence-corrected chi connectivity index (χ0v) is 10.2. The Morgan fingerprint density at radius 3 is 2.19 bits per heavy atom. The molecule has 0 aliphatic heterocycles. The zero-order chi connectivity index (χ0) is 11.6. The highest BCUT2D eigenvalue weighted by atomic mass is 16.5. The van der Waals surface area contributed by atoms with Crippen molar-refractivity contribution in [2.45, 2.75) is 57.5 Å². The molecule has 0 unspecified atom stereocenters. The summed E-state index contributed by atoms with van der Waals surface area (Å²) in [6.45, 7) is 1.51. The highest BCUT2D eigenvalue weighted by Gasteiger charge is 2.20. The van der Waals surface area contributed by atoms with Crippen molar-refractivity contribution in [2.24, 2.45) is 5.92 Å². The van der Waals surface area contributed by atoms with Gasteiger partial charge in [0.2, 0.25) is 0 Å². The largest absolute Gasteiger partial charge is 0.396 e. The summed E-state index contributed by atoms with van der Waals surface area (Å²) in [6.07, 6.45) is 9.19. The van der Waals surface area contributed by atoms with Gasteiger partial charge in [-0.15, -0.1) is 0 Å². The van der Waals surface area contributed by atoms with E-state index in [-0.39, 0.29) is 0 Å². The summed E-state index contributed by atoms with van der Waals surface area (Å²) in [5.74, 6) is 0.518. The van der Waals surface area contributed by atoms with E-state index in [4.69, 9.17) is 14.9 Å². The van der Waals surface area contributed by atoms with Crippen LogP contribution in [0.4, 0.5) is 0 Å². The van der Waals surface area contributed by atoms with Crippen LogP contribution in [0.5, 0.6) is 0 Å². The van der Waals surface area contributed by atoms with Crippen molar-refractivity contribution in [3.63, 3.8) is 0 Å². The summed E-state index contributed by atoms with van der Waals surface area (Å²) in [4.78, 5) is 0. The lowest BCUT2D eigenvalue weighted by Gasteiger charge is -2.27. The minimum absolute atomic E-state index is 0.312. The predicted molar refractivity (Wildman–Crippen MR) is 64.3 cm³/mol.